The molecular weight excluding hydrogens is 388 g/mol. The molecule has 1 N–H and O–H groups in total. The van der Waals surface area contributed by atoms with Crippen molar-refractivity contribution in [3.05, 3.63) is 72.8 Å². The second-order valence-corrected chi connectivity index (χ2v) is 8.70. The molecule has 0 bridgehead atoms. The first-order valence-electron chi connectivity index (χ1n) is 11.3. The third-order valence-electron chi connectivity index (χ3n) is 6.34. The van der Waals surface area contributed by atoms with Gasteiger partial charge in [-0.1, -0.05) is 55.5 Å². The number of anilines is 1. The lowest BCUT2D eigenvalue weighted by molar-refractivity contribution is 0.0540. The summed E-state index contributed by atoms with van der Waals surface area (Å²) in [5.74, 6) is 1.25. The second-order valence-electron chi connectivity index (χ2n) is 8.70. The van der Waals surface area contributed by atoms with E-state index in [4.69, 9.17) is 9.47 Å². The number of benzene rings is 2. The van der Waals surface area contributed by atoms with Crippen molar-refractivity contribution in [2.45, 2.75) is 31.5 Å². The van der Waals surface area contributed by atoms with Crippen molar-refractivity contribution in [2.24, 2.45) is 5.92 Å². The maximum atomic E-state index is 10.2. The van der Waals surface area contributed by atoms with E-state index < -0.39 is 0 Å². The molecule has 2 aliphatic heterocycles. The summed E-state index contributed by atoms with van der Waals surface area (Å²) in [6.07, 6.45) is 2.50. The first-order valence-corrected chi connectivity index (χ1v) is 11.3. The minimum Gasteiger partial charge on any atom is -0.489 e. The van der Waals surface area contributed by atoms with Crippen LogP contribution in [0.4, 0.5) is 5.69 Å². The highest BCUT2D eigenvalue weighted by Crippen LogP contribution is 2.39. The Kier molecular flexibility index (Phi) is 7.28. The fraction of sp³-hybridized carbons (Fsp3) is 0.462. The van der Waals surface area contributed by atoms with E-state index in [0.717, 1.165) is 30.9 Å². The van der Waals surface area contributed by atoms with Crippen LogP contribution in [-0.4, -0.2) is 61.6 Å². The van der Waals surface area contributed by atoms with Crippen LogP contribution in [0.15, 0.2) is 67.3 Å². The van der Waals surface area contributed by atoms with E-state index in [9.17, 15) is 5.11 Å². The molecule has 2 aromatic carbocycles. The molecule has 1 saturated heterocycles. The van der Waals surface area contributed by atoms with Crippen molar-refractivity contribution in [1.29, 1.82) is 0 Å². The summed E-state index contributed by atoms with van der Waals surface area (Å²) >= 11 is 0. The number of para-hydroxylation sites is 2. The maximum absolute atomic E-state index is 10.2. The van der Waals surface area contributed by atoms with E-state index in [1.807, 2.05) is 18.2 Å². The summed E-state index contributed by atoms with van der Waals surface area (Å²) < 4.78 is 12.2. The molecule has 4 atom stereocenters. The third kappa shape index (κ3) is 5.29. The number of β-amino-alcohol motifs (C(OH)–C–C–N with tert-alkyl or cyclic N) is 1. The van der Waals surface area contributed by atoms with Gasteiger partial charge in [0.2, 0.25) is 0 Å². The van der Waals surface area contributed by atoms with Gasteiger partial charge in [0.05, 0.1) is 37.1 Å². The van der Waals surface area contributed by atoms with Crippen molar-refractivity contribution in [1.82, 2.24) is 4.90 Å². The molecule has 2 aliphatic rings. The molecule has 0 radical (unpaired) electrons. The fourth-order valence-electron chi connectivity index (χ4n) is 4.48. The van der Waals surface area contributed by atoms with Gasteiger partial charge in [-0.05, 0) is 30.0 Å². The van der Waals surface area contributed by atoms with E-state index in [1.54, 1.807) is 0 Å². The van der Waals surface area contributed by atoms with Gasteiger partial charge in [-0.3, -0.25) is 4.90 Å². The first kappa shape index (κ1) is 21.9. The zero-order chi connectivity index (χ0) is 21.6. The Morgan fingerprint density at radius 3 is 2.68 bits per heavy atom. The van der Waals surface area contributed by atoms with Gasteiger partial charge in [0.15, 0.2) is 0 Å². The summed E-state index contributed by atoms with van der Waals surface area (Å²) in [4.78, 5) is 4.84. The van der Waals surface area contributed by atoms with Crippen LogP contribution in [0.25, 0.3) is 0 Å². The topological polar surface area (TPSA) is 45.2 Å². The van der Waals surface area contributed by atoms with Crippen molar-refractivity contribution in [3.8, 4) is 5.75 Å². The SMILES string of the molecule is C=CC(C)COCC(CN1c2ccccc2OCC1c1ccccc1)N1CCC(O)C1. The zero-order valence-electron chi connectivity index (χ0n) is 18.4. The molecule has 31 heavy (non-hydrogen) atoms. The zero-order valence-corrected chi connectivity index (χ0v) is 18.4. The third-order valence-corrected chi connectivity index (χ3v) is 6.34. The molecule has 4 rings (SSSR count). The number of aliphatic hydroxyl groups excluding tert-OH is 1. The molecule has 0 saturated carbocycles. The molecule has 0 amide bonds. The summed E-state index contributed by atoms with van der Waals surface area (Å²) in [5, 5.41) is 10.2. The highest BCUT2D eigenvalue weighted by Gasteiger charge is 2.34. The van der Waals surface area contributed by atoms with Gasteiger partial charge in [0, 0.05) is 19.6 Å². The fourth-order valence-corrected chi connectivity index (χ4v) is 4.48. The molecule has 5 nitrogen and oxygen atoms in total. The largest absolute Gasteiger partial charge is 0.489 e. The number of hydrogen-bond acceptors (Lipinski definition) is 5. The standard InChI is InChI=1S/C26H34N2O3/c1-3-20(2)17-30-18-22(27-14-13-23(29)16-27)15-28-24-11-7-8-12-26(24)31-19-25(28)21-9-5-4-6-10-21/h3-12,20,22-23,25,29H,1,13-19H2,2H3. The van der Waals surface area contributed by atoms with E-state index >= 15 is 0 Å². The van der Waals surface area contributed by atoms with Gasteiger partial charge in [0.1, 0.15) is 12.4 Å². The van der Waals surface area contributed by atoms with E-state index in [-0.39, 0.29) is 18.2 Å². The Hall–Kier alpha value is -2.34. The van der Waals surface area contributed by atoms with Crippen molar-refractivity contribution in [3.63, 3.8) is 0 Å². The Balaban J connectivity index is 1.58. The minimum atomic E-state index is -0.253. The molecule has 2 heterocycles. The summed E-state index contributed by atoms with van der Waals surface area (Å²) in [6, 6.07) is 19.2. The Morgan fingerprint density at radius 1 is 1.16 bits per heavy atom. The predicted octanol–water partition coefficient (Wildman–Crippen LogP) is 3.90. The summed E-state index contributed by atoms with van der Waals surface area (Å²) in [7, 11) is 0. The quantitative estimate of drug-likeness (QED) is 0.621. The monoisotopic (exact) mass is 422 g/mol. The first-order chi connectivity index (χ1) is 15.2. The van der Waals surface area contributed by atoms with E-state index in [2.05, 4.69) is 65.8 Å². The van der Waals surface area contributed by atoms with Crippen molar-refractivity contribution in [2.75, 3.05) is 44.4 Å². The highest BCUT2D eigenvalue weighted by atomic mass is 16.5. The number of hydrogen-bond donors (Lipinski definition) is 1. The average molecular weight is 423 g/mol. The van der Waals surface area contributed by atoms with Gasteiger partial charge in [-0.15, -0.1) is 6.58 Å². The van der Waals surface area contributed by atoms with Crippen molar-refractivity contribution < 1.29 is 14.6 Å². The van der Waals surface area contributed by atoms with Crippen LogP contribution in [0.3, 0.4) is 0 Å². The predicted molar refractivity (Wildman–Crippen MR) is 125 cm³/mol. The van der Waals surface area contributed by atoms with Gasteiger partial charge in [0.25, 0.3) is 0 Å². The molecule has 4 unspecified atom stereocenters. The van der Waals surface area contributed by atoms with Crippen LogP contribution in [0.1, 0.15) is 24.9 Å². The van der Waals surface area contributed by atoms with E-state index in [0.29, 0.717) is 32.3 Å². The van der Waals surface area contributed by atoms with Crippen LogP contribution in [0.5, 0.6) is 5.75 Å². The smallest absolute Gasteiger partial charge is 0.142 e. The van der Waals surface area contributed by atoms with Crippen molar-refractivity contribution >= 4 is 5.69 Å². The molecule has 5 heteroatoms. The molecule has 1 fully saturated rings. The summed E-state index contributed by atoms with van der Waals surface area (Å²) in [6.45, 7) is 10.3. The second kappa shape index (κ2) is 10.3. The van der Waals surface area contributed by atoms with Gasteiger partial charge in [-0.25, -0.2) is 0 Å². The van der Waals surface area contributed by atoms with Crippen LogP contribution >= 0.6 is 0 Å². The average Bonchev–Trinajstić information content (AvgIpc) is 3.25. The number of ether oxygens (including phenoxy) is 2. The Bertz CT molecular complexity index is 844. The number of likely N-dealkylation sites (tertiary alicyclic amines) is 1. The lowest BCUT2D eigenvalue weighted by atomic mass is 10.0. The van der Waals surface area contributed by atoms with Gasteiger partial charge in [-0.2, -0.15) is 0 Å². The Labute approximate surface area is 185 Å². The number of nitrogens with zero attached hydrogens (tertiary/aromatic N) is 2. The minimum absolute atomic E-state index is 0.137. The number of rotatable bonds is 9. The number of fused-ring (bicyclic) bond motifs is 1. The normalized spacial score (nSPS) is 23.1. The molecule has 0 aliphatic carbocycles. The molecule has 0 spiro atoms. The van der Waals surface area contributed by atoms with Gasteiger partial charge < -0.3 is 19.5 Å². The summed E-state index contributed by atoms with van der Waals surface area (Å²) in [5.41, 5.74) is 2.37. The molecule has 0 aromatic heterocycles. The lowest BCUT2D eigenvalue weighted by Gasteiger charge is -2.42. The molecular formula is C26H34N2O3. The maximum Gasteiger partial charge on any atom is 0.142 e. The lowest BCUT2D eigenvalue weighted by Crippen LogP contribution is -2.49. The highest BCUT2D eigenvalue weighted by molar-refractivity contribution is 5.61. The van der Waals surface area contributed by atoms with Crippen LogP contribution in [0.2, 0.25) is 0 Å². The Morgan fingerprint density at radius 2 is 1.94 bits per heavy atom. The number of aliphatic hydroxyl groups is 1. The molecule has 166 valence electrons. The van der Waals surface area contributed by atoms with Crippen LogP contribution in [-0.2, 0) is 4.74 Å². The van der Waals surface area contributed by atoms with Gasteiger partial charge >= 0.3 is 0 Å². The van der Waals surface area contributed by atoms with Crippen LogP contribution < -0.4 is 9.64 Å². The van der Waals surface area contributed by atoms with E-state index in [1.165, 1.54) is 5.56 Å². The molecule has 2 aromatic rings. The van der Waals surface area contributed by atoms with Crippen LogP contribution in [0, 0.1) is 5.92 Å².